The van der Waals surface area contributed by atoms with Gasteiger partial charge in [0.25, 0.3) is 5.91 Å². The average Bonchev–Trinajstić information content (AvgIpc) is 3.94. The molecule has 0 aromatic heterocycles. The van der Waals surface area contributed by atoms with E-state index in [9.17, 15) is 28.8 Å². The molecule has 2 saturated heterocycles. The van der Waals surface area contributed by atoms with Gasteiger partial charge in [-0.05, 0) is 86.9 Å². The first kappa shape index (κ1) is 51.2. The highest BCUT2D eigenvalue weighted by Gasteiger charge is 2.72. The summed E-state index contributed by atoms with van der Waals surface area (Å²) in [5.41, 5.74) is 0.982. The van der Waals surface area contributed by atoms with Crippen LogP contribution in [-0.2, 0) is 50.1 Å². The van der Waals surface area contributed by atoms with Crippen molar-refractivity contribution in [3.63, 3.8) is 0 Å². The maximum absolute atomic E-state index is 16.9. The van der Waals surface area contributed by atoms with Crippen LogP contribution in [0, 0.1) is 11.8 Å². The van der Waals surface area contributed by atoms with Crippen LogP contribution in [0.5, 0.6) is 0 Å². The number of anilines is 2. The van der Waals surface area contributed by atoms with Crippen molar-refractivity contribution in [1.82, 2.24) is 26.2 Å². The smallest absolute Gasteiger partial charge is 0.255 e. The molecule has 4 aliphatic heterocycles. The minimum absolute atomic E-state index is 0.0692. The fourth-order valence-electron chi connectivity index (χ4n) is 11.5. The predicted molar refractivity (Wildman–Crippen MR) is 262 cm³/mol. The van der Waals surface area contributed by atoms with Crippen LogP contribution < -0.4 is 31.9 Å². The summed E-state index contributed by atoms with van der Waals surface area (Å²) in [6.07, 6.45) is 10.7. The molecule has 4 fully saturated rings. The number of benzene rings is 2. The molecular formula is C51H62Cl2FN7O9. The molecule has 0 radical (unpaired) electrons. The Kier molecular flexibility index (Phi) is 16.8. The Morgan fingerprint density at radius 2 is 1.60 bits per heavy atom. The van der Waals surface area contributed by atoms with E-state index in [0.717, 1.165) is 30.5 Å². The second kappa shape index (κ2) is 22.9. The number of nitrogens with one attached hydrogen (secondary N) is 6. The largest absolute Gasteiger partial charge is 0.382 e. The first-order valence-corrected chi connectivity index (χ1v) is 25.2. The first-order valence-electron chi connectivity index (χ1n) is 24.4. The van der Waals surface area contributed by atoms with Crippen LogP contribution in [-0.4, -0.2) is 117 Å². The van der Waals surface area contributed by atoms with Crippen molar-refractivity contribution in [2.24, 2.45) is 11.8 Å². The normalized spacial score (nSPS) is 26.1. The van der Waals surface area contributed by atoms with Crippen molar-refractivity contribution >= 4 is 70.0 Å². The molecule has 16 nitrogen and oxygen atoms in total. The van der Waals surface area contributed by atoms with Gasteiger partial charge in [0.1, 0.15) is 17.3 Å². The number of fused-ring (bicyclic) bond motifs is 4. The molecule has 4 atom stereocenters. The Hall–Kier alpha value is -5.17. The molecule has 6 aliphatic rings. The third kappa shape index (κ3) is 10.8. The van der Waals surface area contributed by atoms with E-state index in [2.05, 4.69) is 38.5 Å². The van der Waals surface area contributed by atoms with Crippen LogP contribution >= 0.6 is 23.2 Å². The van der Waals surface area contributed by atoms with Gasteiger partial charge in [-0.25, -0.2) is 4.39 Å². The molecule has 6 N–H and O–H groups in total. The third-order valence-electron chi connectivity index (χ3n) is 14.7. The number of hydrogen-bond acceptors (Lipinski definition) is 11. The molecule has 2 spiro atoms. The van der Waals surface area contributed by atoms with Gasteiger partial charge in [0, 0.05) is 76.1 Å². The fraction of sp³-hybridized carbons (Fsp3) is 0.529. The summed E-state index contributed by atoms with van der Waals surface area (Å²) in [4.78, 5) is 80.6. The zero-order chi connectivity index (χ0) is 49.4. The molecule has 0 bridgehead atoms. The van der Waals surface area contributed by atoms with Gasteiger partial charge in [-0.3, -0.25) is 39.4 Å². The van der Waals surface area contributed by atoms with Gasteiger partial charge in [0.2, 0.25) is 29.5 Å². The number of piperidine rings is 1. The average molecular weight is 1010 g/mol. The minimum atomic E-state index is -1.42. The lowest BCUT2D eigenvalue weighted by atomic mass is 9.56. The van der Waals surface area contributed by atoms with Gasteiger partial charge in [0.15, 0.2) is 0 Å². The summed E-state index contributed by atoms with van der Waals surface area (Å²) in [6, 6.07) is 8.62. The molecule has 376 valence electrons. The van der Waals surface area contributed by atoms with E-state index in [-0.39, 0.29) is 59.5 Å². The van der Waals surface area contributed by atoms with Crippen molar-refractivity contribution in [2.45, 2.75) is 106 Å². The van der Waals surface area contributed by atoms with Crippen molar-refractivity contribution < 1.29 is 47.4 Å². The van der Waals surface area contributed by atoms with E-state index in [0.29, 0.717) is 120 Å². The SMILES string of the molecule is C=C(Cl)/C=C\C=C(/F)[C@H]1[C@H](C(=O)NC2CCC(C(=O)NCCOCCOCCOCCNc3cccc4c3CN(C3CCC(=O)NC3=O)C4=O)CC2)NC2(CCCCC2)[C@@]12C(=O)Nc1cc(Cl)ccc12. The Bertz CT molecular complexity index is 2400. The Morgan fingerprint density at radius 1 is 0.886 bits per heavy atom. The number of ether oxygens (including phenoxy) is 3. The van der Waals surface area contributed by atoms with E-state index in [4.69, 9.17) is 37.4 Å². The summed E-state index contributed by atoms with van der Waals surface area (Å²) in [5, 5.41) is 19.0. The van der Waals surface area contributed by atoms with Crippen molar-refractivity contribution in [3.8, 4) is 0 Å². The molecule has 1 unspecified atom stereocenters. The lowest BCUT2D eigenvalue weighted by Crippen LogP contribution is -2.60. The molecule has 2 saturated carbocycles. The highest BCUT2D eigenvalue weighted by Crippen LogP contribution is 2.61. The molecule has 6 amide bonds. The molecule has 19 heteroatoms. The predicted octanol–water partition coefficient (Wildman–Crippen LogP) is 5.70. The van der Waals surface area contributed by atoms with Crippen LogP contribution in [0.3, 0.4) is 0 Å². The van der Waals surface area contributed by atoms with Gasteiger partial charge in [0.05, 0.1) is 51.6 Å². The van der Waals surface area contributed by atoms with Crippen molar-refractivity contribution in [1.29, 1.82) is 0 Å². The molecule has 70 heavy (non-hydrogen) atoms. The number of halogens is 3. The number of carbonyl (C=O) groups is 6. The van der Waals surface area contributed by atoms with E-state index in [1.807, 2.05) is 6.07 Å². The van der Waals surface area contributed by atoms with Crippen LogP contribution in [0.1, 0.15) is 92.1 Å². The first-order chi connectivity index (χ1) is 33.8. The molecule has 2 aromatic rings. The van der Waals surface area contributed by atoms with Crippen molar-refractivity contribution in [3.05, 3.63) is 93.8 Å². The Balaban J connectivity index is 0.724. The topological polar surface area (TPSA) is 206 Å². The molecule has 2 aromatic carbocycles. The maximum atomic E-state index is 16.9. The van der Waals surface area contributed by atoms with E-state index in [1.165, 1.54) is 23.1 Å². The van der Waals surface area contributed by atoms with Gasteiger partial charge in [-0.15, -0.1) is 0 Å². The quantitative estimate of drug-likeness (QED) is 0.0540. The molecule has 4 heterocycles. The van der Waals surface area contributed by atoms with Crippen LogP contribution in [0.4, 0.5) is 15.8 Å². The molecule has 8 rings (SSSR count). The van der Waals surface area contributed by atoms with Crippen molar-refractivity contribution in [2.75, 3.05) is 63.4 Å². The van der Waals surface area contributed by atoms with Gasteiger partial charge in [-0.2, -0.15) is 0 Å². The summed E-state index contributed by atoms with van der Waals surface area (Å²) >= 11 is 12.3. The van der Waals surface area contributed by atoms with E-state index >= 15 is 4.39 Å². The molecule has 2 aliphatic carbocycles. The Morgan fingerprint density at radius 3 is 2.31 bits per heavy atom. The van der Waals surface area contributed by atoms with Crippen LogP contribution in [0.25, 0.3) is 0 Å². The zero-order valence-electron chi connectivity index (χ0n) is 39.2. The highest BCUT2D eigenvalue weighted by atomic mass is 35.5. The number of amides is 6. The third-order valence-corrected chi connectivity index (χ3v) is 15.1. The number of hydrogen-bond donors (Lipinski definition) is 6. The lowest BCUT2D eigenvalue weighted by molar-refractivity contribution is -0.137. The second-order valence-corrected chi connectivity index (χ2v) is 19.8. The highest BCUT2D eigenvalue weighted by molar-refractivity contribution is 6.31. The number of allylic oxidation sites excluding steroid dienone is 4. The number of nitrogens with zero attached hydrogens (tertiary/aromatic N) is 1. The second-order valence-electron chi connectivity index (χ2n) is 18.9. The summed E-state index contributed by atoms with van der Waals surface area (Å²) in [7, 11) is 0. The standard InChI is InChI=1S/C51H62Cl2FN7O9/c1-31(52)7-5-9-38(54)43-44(60-50(19-3-2-4-20-50)51(43)37-16-13-33(53)29-40(37)58-49(51)67)47(65)57-34-14-11-32(12-15-34)45(63)56-22-24-69-26-28-70-27-25-68-23-21-55-39-10-6-8-35-36(39)30-61(48(35)66)41-17-18-42(62)59-46(41)64/h5-10,13,16,29,32,34,41,43-44,55,60H,1-4,11-12,14-15,17-28,30H2,(H,56,63)(H,57,65)(H,58,67)(H,59,62,64)/b7-5-,38-9-/t32?,34?,41?,43-,44+,51+/m0/s1. The van der Waals surface area contributed by atoms with E-state index < -0.39 is 40.7 Å². The summed E-state index contributed by atoms with van der Waals surface area (Å²) in [5.74, 6) is -3.82. The molecular weight excluding hydrogens is 945 g/mol. The van der Waals surface area contributed by atoms with Gasteiger partial charge >= 0.3 is 0 Å². The number of carbonyl (C=O) groups excluding carboxylic acids is 6. The lowest BCUT2D eigenvalue weighted by Gasteiger charge is -2.46. The zero-order valence-corrected chi connectivity index (χ0v) is 40.7. The Labute approximate surface area is 417 Å². The monoisotopic (exact) mass is 1010 g/mol. The van der Waals surface area contributed by atoms with Gasteiger partial charge in [-0.1, -0.05) is 67.3 Å². The summed E-state index contributed by atoms with van der Waals surface area (Å²) in [6.45, 7) is 6.95. The fourth-order valence-corrected chi connectivity index (χ4v) is 11.7. The summed E-state index contributed by atoms with van der Waals surface area (Å²) < 4.78 is 33.9. The van der Waals surface area contributed by atoms with Gasteiger partial charge < -0.3 is 40.4 Å². The number of rotatable bonds is 20. The van der Waals surface area contributed by atoms with Crippen LogP contribution in [0.15, 0.2) is 72.1 Å². The number of imide groups is 1. The van der Waals surface area contributed by atoms with E-state index in [1.54, 1.807) is 30.3 Å². The maximum Gasteiger partial charge on any atom is 0.255 e. The van der Waals surface area contributed by atoms with Crippen LogP contribution in [0.2, 0.25) is 5.02 Å². The minimum Gasteiger partial charge on any atom is -0.382 e.